The van der Waals surface area contributed by atoms with Crippen molar-refractivity contribution in [3.63, 3.8) is 0 Å². The van der Waals surface area contributed by atoms with Crippen LogP contribution in [0.25, 0.3) is 20.0 Å². The van der Waals surface area contributed by atoms with Crippen LogP contribution >= 0.6 is 38.6 Å². The molecule has 0 fully saturated rings. The number of aromatic nitrogens is 2. The van der Waals surface area contributed by atoms with Crippen LogP contribution in [0.2, 0.25) is 0 Å². The van der Waals surface area contributed by atoms with Gasteiger partial charge in [0, 0.05) is 34.1 Å². The zero-order valence-corrected chi connectivity index (χ0v) is 20.2. The Balaban J connectivity index is 1.86. The van der Waals surface area contributed by atoms with Crippen molar-refractivity contribution >= 4 is 60.5 Å². The van der Waals surface area contributed by atoms with Crippen molar-refractivity contribution in [1.82, 2.24) is 20.6 Å². The van der Waals surface area contributed by atoms with Gasteiger partial charge in [0.2, 0.25) is 6.41 Å². The molecule has 0 aliphatic rings. The van der Waals surface area contributed by atoms with Crippen LogP contribution in [0, 0.1) is 5.92 Å². The van der Waals surface area contributed by atoms with Crippen LogP contribution in [-0.4, -0.2) is 42.2 Å². The number of nitrogens with zero attached hydrogens (tertiary/aromatic N) is 1. The Hall–Kier alpha value is -1.91. The molecule has 3 aromatic rings. The van der Waals surface area contributed by atoms with Gasteiger partial charge in [-0.3, -0.25) is 4.79 Å². The molecular weight excluding hydrogens is 488 g/mol. The van der Waals surface area contributed by atoms with Crippen LogP contribution in [0.4, 0.5) is 4.79 Å². The third-order valence-corrected chi connectivity index (χ3v) is 7.74. The van der Waals surface area contributed by atoms with Crippen molar-refractivity contribution < 1.29 is 14.3 Å². The highest BCUT2D eigenvalue weighted by molar-refractivity contribution is 9.11. The van der Waals surface area contributed by atoms with Crippen molar-refractivity contribution in [2.45, 2.75) is 38.6 Å². The SMILES string of the molecule is COC(=O)NC(C(C)C)C(CCCNC=O)c1nc(-c2cc3sc(Br)cc3s2)c[nH]1. The third-order valence-electron chi connectivity index (χ3n) is 4.92. The number of carbonyl (C=O) groups is 2. The second-order valence-corrected chi connectivity index (χ2v) is 10.8. The molecule has 3 rings (SSSR count). The monoisotopic (exact) mass is 512 g/mol. The number of ether oxygens (including phenoxy) is 1. The molecule has 2 amide bonds. The fourth-order valence-corrected chi connectivity index (χ4v) is 6.47. The quantitative estimate of drug-likeness (QED) is 0.260. The van der Waals surface area contributed by atoms with Crippen molar-refractivity contribution in [1.29, 1.82) is 0 Å². The van der Waals surface area contributed by atoms with E-state index >= 15 is 0 Å². The fraction of sp³-hybridized carbons (Fsp3) is 0.450. The molecule has 0 saturated carbocycles. The van der Waals surface area contributed by atoms with Gasteiger partial charge in [-0.1, -0.05) is 13.8 Å². The predicted molar refractivity (Wildman–Crippen MR) is 125 cm³/mol. The lowest BCUT2D eigenvalue weighted by Gasteiger charge is -2.29. The molecule has 3 aromatic heterocycles. The first-order chi connectivity index (χ1) is 14.4. The summed E-state index contributed by atoms with van der Waals surface area (Å²) in [5, 5.41) is 5.66. The van der Waals surface area contributed by atoms with E-state index in [-0.39, 0.29) is 17.9 Å². The molecule has 162 valence electrons. The molecule has 0 aliphatic carbocycles. The number of halogens is 1. The van der Waals surface area contributed by atoms with Gasteiger partial charge in [-0.05, 0) is 46.8 Å². The molecule has 2 atom stereocenters. The largest absolute Gasteiger partial charge is 0.453 e. The summed E-state index contributed by atoms with van der Waals surface area (Å²) in [4.78, 5) is 31.8. The molecule has 0 spiro atoms. The summed E-state index contributed by atoms with van der Waals surface area (Å²) >= 11 is 6.95. The molecule has 2 unspecified atom stereocenters. The number of carbonyl (C=O) groups excluding carboxylic acids is 2. The number of rotatable bonds is 10. The van der Waals surface area contributed by atoms with Gasteiger partial charge in [0.05, 0.1) is 21.5 Å². The number of thiophene rings is 2. The van der Waals surface area contributed by atoms with E-state index in [9.17, 15) is 9.59 Å². The molecule has 0 saturated heterocycles. The molecule has 0 bridgehead atoms. The van der Waals surface area contributed by atoms with E-state index in [1.807, 2.05) is 6.20 Å². The summed E-state index contributed by atoms with van der Waals surface area (Å²) in [5.41, 5.74) is 0.895. The Morgan fingerprint density at radius 3 is 2.77 bits per heavy atom. The number of amides is 2. The van der Waals surface area contributed by atoms with Crippen LogP contribution in [0.5, 0.6) is 0 Å². The van der Waals surface area contributed by atoms with E-state index in [4.69, 9.17) is 9.72 Å². The normalized spacial score (nSPS) is 13.4. The summed E-state index contributed by atoms with van der Waals surface area (Å²) in [6.45, 7) is 4.70. The lowest BCUT2D eigenvalue weighted by atomic mass is 9.86. The average Bonchev–Trinajstić information content (AvgIpc) is 3.40. The molecule has 0 aromatic carbocycles. The second-order valence-electron chi connectivity index (χ2n) is 7.29. The molecule has 30 heavy (non-hydrogen) atoms. The molecule has 0 radical (unpaired) electrons. The Kier molecular flexibility index (Phi) is 7.90. The average molecular weight is 513 g/mol. The Morgan fingerprint density at radius 1 is 1.33 bits per heavy atom. The first-order valence-electron chi connectivity index (χ1n) is 9.69. The van der Waals surface area contributed by atoms with E-state index < -0.39 is 6.09 Å². The summed E-state index contributed by atoms with van der Waals surface area (Å²) in [6.07, 6.45) is 3.70. The predicted octanol–water partition coefficient (Wildman–Crippen LogP) is 5.11. The Labute approximate surface area is 191 Å². The lowest BCUT2D eigenvalue weighted by molar-refractivity contribution is -0.109. The number of alkyl carbamates (subject to hydrolysis) is 1. The van der Waals surface area contributed by atoms with E-state index in [0.717, 1.165) is 33.0 Å². The summed E-state index contributed by atoms with van der Waals surface area (Å²) < 4.78 is 8.41. The number of nitrogens with one attached hydrogen (secondary N) is 3. The lowest BCUT2D eigenvalue weighted by Crippen LogP contribution is -2.43. The maximum atomic E-state index is 11.9. The van der Waals surface area contributed by atoms with Gasteiger partial charge in [0.25, 0.3) is 0 Å². The Bertz CT molecular complexity index is 966. The van der Waals surface area contributed by atoms with Crippen molar-refractivity contribution in [3.05, 3.63) is 27.9 Å². The van der Waals surface area contributed by atoms with E-state index in [1.165, 1.54) is 16.5 Å². The summed E-state index contributed by atoms with van der Waals surface area (Å²) in [6, 6.07) is 4.13. The van der Waals surface area contributed by atoms with Crippen LogP contribution in [0.15, 0.2) is 22.1 Å². The number of H-pyrrole nitrogens is 1. The topological polar surface area (TPSA) is 96.1 Å². The fourth-order valence-electron chi connectivity index (χ4n) is 3.48. The molecule has 3 heterocycles. The zero-order chi connectivity index (χ0) is 21.7. The molecular formula is C20H25BrN4O3S2. The minimum atomic E-state index is -0.458. The van der Waals surface area contributed by atoms with Gasteiger partial charge in [0.1, 0.15) is 5.82 Å². The highest BCUT2D eigenvalue weighted by atomic mass is 79.9. The van der Waals surface area contributed by atoms with Gasteiger partial charge in [-0.25, -0.2) is 9.78 Å². The maximum absolute atomic E-state index is 11.9. The Morgan fingerprint density at radius 2 is 2.10 bits per heavy atom. The van der Waals surface area contributed by atoms with E-state index in [0.29, 0.717) is 13.0 Å². The minimum absolute atomic E-state index is 0.0403. The van der Waals surface area contributed by atoms with Gasteiger partial charge in [0.15, 0.2) is 0 Å². The third kappa shape index (κ3) is 5.41. The summed E-state index contributed by atoms with van der Waals surface area (Å²) in [5.74, 6) is 0.955. The first kappa shape index (κ1) is 22.8. The minimum Gasteiger partial charge on any atom is -0.453 e. The zero-order valence-electron chi connectivity index (χ0n) is 17.0. The van der Waals surface area contributed by atoms with E-state index in [2.05, 4.69) is 57.5 Å². The number of hydrogen-bond acceptors (Lipinski definition) is 6. The van der Waals surface area contributed by atoms with Crippen LogP contribution in [-0.2, 0) is 9.53 Å². The molecule has 3 N–H and O–H groups in total. The first-order valence-corrected chi connectivity index (χ1v) is 12.1. The van der Waals surface area contributed by atoms with Crippen LogP contribution in [0.3, 0.4) is 0 Å². The second kappa shape index (κ2) is 10.4. The van der Waals surface area contributed by atoms with Crippen molar-refractivity contribution in [2.24, 2.45) is 5.92 Å². The number of aromatic amines is 1. The van der Waals surface area contributed by atoms with Crippen LogP contribution < -0.4 is 10.6 Å². The van der Waals surface area contributed by atoms with Crippen LogP contribution in [0.1, 0.15) is 38.4 Å². The molecule has 7 nitrogen and oxygen atoms in total. The highest BCUT2D eigenvalue weighted by Crippen LogP contribution is 2.40. The highest BCUT2D eigenvalue weighted by Gasteiger charge is 2.30. The smallest absolute Gasteiger partial charge is 0.407 e. The van der Waals surface area contributed by atoms with Gasteiger partial charge in [-0.15, -0.1) is 22.7 Å². The van der Waals surface area contributed by atoms with Crippen molar-refractivity contribution in [2.75, 3.05) is 13.7 Å². The van der Waals surface area contributed by atoms with E-state index in [1.54, 1.807) is 22.7 Å². The number of hydrogen-bond donors (Lipinski definition) is 3. The summed E-state index contributed by atoms with van der Waals surface area (Å²) in [7, 11) is 1.36. The van der Waals surface area contributed by atoms with Gasteiger partial charge in [-0.2, -0.15) is 0 Å². The van der Waals surface area contributed by atoms with Crippen molar-refractivity contribution in [3.8, 4) is 10.6 Å². The number of imidazole rings is 1. The molecule has 0 aliphatic heterocycles. The molecule has 10 heteroatoms. The standard InChI is InChI=1S/C20H25BrN4O3S2/c1-11(2)18(25-20(27)28-3)12(5-4-6-22-10-26)19-23-9-13(24-19)14-7-15-16(29-14)8-17(21)30-15/h7-12,18H,4-6H2,1-3H3,(H,22,26)(H,23,24)(H,25,27). The number of methoxy groups -OCH3 is 1. The van der Waals surface area contributed by atoms with Gasteiger partial charge >= 0.3 is 6.09 Å². The number of fused-ring (bicyclic) bond motifs is 1. The van der Waals surface area contributed by atoms with Gasteiger partial charge < -0.3 is 20.4 Å². The maximum Gasteiger partial charge on any atom is 0.407 e.